The van der Waals surface area contributed by atoms with Crippen molar-refractivity contribution in [3.05, 3.63) is 104 Å². The van der Waals surface area contributed by atoms with Crippen molar-refractivity contribution in [2.24, 2.45) is 0 Å². The van der Waals surface area contributed by atoms with Crippen molar-refractivity contribution in [3.8, 4) is 0 Å². The van der Waals surface area contributed by atoms with E-state index in [1.54, 1.807) is 58.1 Å². The van der Waals surface area contributed by atoms with Crippen LogP contribution in [0.15, 0.2) is 67.0 Å². The number of aromatic nitrogens is 1. The molecule has 0 unspecified atom stereocenters. The van der Waals surface area contributed by atoms with Gasteiger partial charge in [-0.2, -0.15) is 4.73 Å². The number of nitrogens with zero attached hydrogens (tertiary/aromatic N) is 4. The molecule has 2 aliphatic rings. The molecule has 42 heavy (non-hydrogen) atoms. The molecule has 0 bridgehead atoms. The molecule has 8 nitrogen and oxygen atoms in total. The number of pyridine rings is 1. The molecule has 5 rings (SSSR count). The first-order valence-electron chi connectivity index (χ1n) is 13.9. The fourth-order valence-electron chi connectivity index (χ4n) is 5.98. The van der Waals surface area contributed by atoms with Gasteiger partial charge in [0.1, 0.15) is 6.04 Å². The van der Waals surface area contributed by atoms with Gasteiger partial charge in [0.15, 0.2) is 12.4 Å². The zero-order chi connectivity index (χ0) is 30.0. The van der Waals surface area contributed by atoms with Crippen molar-refractivity contribution in [1.82, 2.24) is 14.7 Å². The molecule has 0 saturated carbocycles. The molecule has 0 spiro atoms. The van der Waals surface area contributed by atoms with E-state index in [4.69, 9.17) is 34.8 Å². The maximum atomic E-state index is 14.1. The van der Waals surface area contributed by atoms with Crippen LogP contribution in [0.4, 0.5) is 0 Å². The number of benzene rings is 2. The van der Waals surface area contributed by atoms with Gasteiger partial charge in [0.25, 0.3) is 11.8 Å². The average molecular weight is 630 g/mol. The molecule has 2 aliphatic heterocycles. The minimum Gasteiger partial charge on any atom is -0.619 e. The van der Waals surface area contributed by atoms with E-state index in [0.717, 1.165) is 18.4 Å². The quantitative estimate of drug-likeness (QED) is 0.278. The summed E-state index contributed by atoms with van der Waals surface area (Å²) in [6.45, 7) is 1.24. The summed E-state index contributed by atoms with van der Waals surface area (Å²) in [6.07, 6.45) is 5.29. The second-order valence-electron chi connectivity index (χ2n) is 10.8. The second-order valence-corrected chi connectivity index (χ2v) is 12.1. The van der Waals surface area contributed by atoms with Crippen molar-refractivity contribution in [2.75, 3.05) is 26.7 Å². The van der Waals surface area contributed by atoms with Crippen molar-refractivity contribution in [2.45, 2.75) is 43.7 Å². The minimum atomic E-state index is -0.606. The van der Waals surface area contributed by atoms with Gasteiger partial charge in [0.2, 0.25) is 5.91 Å². The van der Waals surface area contributed by atoms with Crippen molar-refractivity contribution >= 4 is 52.5 Å². The summed E-state index contributed by atoms with van der Waals surface area (Å²) in [7, 11) is 1.77. The van der Waals surface area contributed by atoms with Crippen LogP contribution in [-0.4, -0.2) is 71.2 Å². The van der Waals surface area contributed by atoms with Gasteiger partial charge in [-0.15, -0.1) is 0 Å². The molecule has 3 amide bonds. The zero-order valence-corrected chi connectivity index (χ0v) is 25.4. The van der Waals surface area contributed by atoms with Crippen molar-refractivity contribution < 1.29 is 19.1 Å². The SMILES string of the molecule is CN(C(=O)c1ccc(Cl)cc1)[C@@H]1CCN(C(=O)[C@H]2CCCCN2C(=O)c2cc[n+]([O-])cc2)C[C@H]1c1ccc(Cl)c(Cl)c1. The predicted molar refractivity (Wildman–Crippen MR) is 162 cm³/mol. The number of halogens is 3. The molecular weight excluding hydrogens is 599 g/mol. The Labute approximate surface area is 259 Å². The molecule has 220 valence electrons. The second kappa shape index (κ2) is 12.9. The summed E-state index contributed by atoms with van der Waals surface area (Å²) in [5.41, 5.74) is 1.76. The normalized spacial score (nSPS) is 20.7. The predicted octanol–water partition coefficient (Wildman–Crippen LogP) is 5.43. The number of amides is 3. The van der Waals surface area contributed by atoms with Gasteiger partial charge in [-0.3, -0.25) is 14.4 Å². The van der Waals surface area contributed by atoms with Gasteiger partial charge in [-0.1, -0.05) is 40.9 Å². The number of likely N-dealkylation sites (N-methyl/N-ethyl adjacent to an activating group) is 1. The molecule has 3 aromatic rings. The molecular formula is C31H31Cl3N4O4. The highest BCUT2D eigenvalue weighted by molar-refractivity contribution is 6.42. The van der Waals surface area contributed by atoms with Crippen LogP contribution in [0.25, 0.3) is 0 Å². The molecule has 0 N–H and O–H groups in total. The molecule has 2 saturated heterocycles. The summed E-state index contributed by atoms with van der Waals surface area (Å²) >= 11 is 18.7. The van der Waals surface area contributed by atoms with Crippen LogP contribution < -0.4 is 4.73 Å². The highest BCUT2D eigenvalue weighted by atomic mass is 35.5. The molecule has 2 aromatic carbocycles. The summed E-state index contributed by atoms with van der Waals surface area (Å²) in [6, 6.07) is 14.3. The van der Waals surface area contributed by atoms with Crippen LogP contribution in [-0.2, 0) is 4.79 Å². The number of piperidine rings is 2. The Bertz CT molecular complexity index is 1470. The lowest BCUT2D eigenvalue weighted by Gasteiger charge is -2.45. The summed E-state index contributed by atoms with van der Waals surface area (Å²) in [5.74, 6) is -0.771. The van der Waals surface area contributed by atoms with E-state index in [0.29, 0.717) is 63.4 Å². The number of likely N-dealkylation sites (tertiary alicyclic amines) is 2. The highest BCUT2D eigenvalue weighted by Crippen LogP contribution is 2.35. The van der Waals surface area contributed by atoms with Gasteiger partial charge in [0, 0.05) is 61.4 Å². The van der Waals surface area contributed by atoms with Gasteiger partial charge in [-0.05, 0) is 67.6 Å². The lowest BCUT2D eigenvalue weighted by molar-refractivity contribution is -0.605. The molecule has 1 aromatic heterocycles. The van der Waals surface area contributed by atoms with Crippen LogP contribution in [0.2, 0.25) is 15.1 Å². The summed E-state index contributed by atoms with van der Waals surface area (Å²) in [5, 5.41) is 12.9. The van der Waals surface area contributed by atoms with Gasteiger partial charge in [-0.25, -0.2) is 0 Å². The van der Waals surface area contributed by atoms with E-state index >= 15 is 0 Å². The molecule has 2 fully saturated rings. The maximum Gasteiger partial charge on any atom is 0.254 e. The average Bonchev–Trinajstić information content (AvgIpc) is 3.01. The van der Waals surface area contributed by atoms with Crippen LogP contribution in [0.3, 0.4) is 0 Å². The van der Waals surface area contributed by atoms with Crippen LogP contribution in [0.1, 0.15) is 57.9 Å². The van der Waals surface area contributed by atoms with E-state index < -0.39 is 6.04 Å². The maximum absolute atomic E-state index is 14.1. The van der Waals surface area contributed by atoms with Crippen LogP contribution in [0, 0.1) is 5.21 Å². The minimum absolute atomic E-state index is 0.118. The van der Waals surface area contributed by atoms with Crippen molar-refractivity contribution in [3.63, 3.8) is 0 Å². The zero-order valence-electron chi connectivity index (χ0n) is 23.1. The largest absolute Gasteiger partial charge is 0.619 e. The topological polar surface area (TPSA) is 87.9 Å². The first kappa shape index (κ1) is 30.1. The van der Waals surface area contributed by atoms with Crippen LogP contribution >= 0.6 is 34.8 Å². The lowest BCUT2D eigenvalue weighted by atomic mass is 9.84. The fraction of sp³-hybridized carbons (Fsp3) is 0.355. The lowest BCUT2D eigenvalue weighted by Crippen LogP contribution is -2.57. The number of rotatable bonds is 5. The highest BCUT2D eigenvalue weighted by Gasteiger charge is 2.41. The number of hydrogen-bond acceptors (Lipinski definition) is 4. The van der Waals surface area contributed by atoms with Gasteiger partial charge < -0.3 is 19.9 Å². The Morgan fingerprint density at radius 1 is 0.881 bits per heavy atom. The summed E-state index contributed by atoms with van der Waals surface area (Å²) in [4.78, 5) is 46.1. The smallest absolute Gasteiger partial charge is 0.254 e. The van der Waals surface area contributed by atoms with E-state index in [1.807, 2.05) is 6.07 Å². The molecule has 3 heterocycles. The molecule has 0 radical (unpaired) electrons. The number of carbonyl (C=O) groups is 3. The monoisotopic (exact) mass is 628 g/mol. The van der Waals surface area contributed by atoms with E-state index in [9.17, 15) is 19.6 Å². The molecule has 3 atom stereocenters. The third-order valence-electron chi connectivity index (χ3n) is 8.27. The van der Waals surface area contributed by atoms with Crippen molar-refractivity contribution in [1.29, 1.82) is 0 Å². The van der Waals surface area contributed by atoms with E-state index in [2.05, 4.69) is 0 Å². The number of hydrogen-bond donors (Lipinski definition) is 0. The Morgan fingerprint density at radius 3 is 2.29 bits per heavy atom. The first-order chi connectivity index (χ1) is 20.1. The standard InChI is InChI=1S/C31H31Cl3N4O4/c1-35(29(39)20-5-8-23(32)9-6-20)27-13-15-36(19-24(27)22-7-10-25(33)26(34)18-22)31(41)28-4-2-3-14-38(28)30(40)21-11-16-37(42)17-12-21/h5-12,16-18,24,27-28H,2-4,13-15,19H2,1H3/t24-,27+,28+/m0/s1. The van der Waals surface area contributed by atoms with Gasteiger partial charge in [0.05, 0.1) is 15.6 Å². The summed E-state index contributed by atoms with van der Waals surface area (Å²) < 4.78 is 0.623. The molecule has 11 heteroatoms. The Hall–Kier alpha value is -3.33. The van der Waals surface area contributed by atoms with Gasteiger partial charge >= 0.3 is 0 Å². The third kappa shape index (κ3) is 6.36. The third-order valence-corrected chi connectivity index (χ3v) is 9.26. The first-order valence-corrected chi connectivity index (χ1v) is 15.0. The molecule has 0 aliphatic carbocycles. The fourth-order valence-corrected chi connectivity index (χ4v) is 6.42. The van der Waals surface area contributed by atoms with E-state index in [-0.39, 0.29) is 29.7 Å². The Kier molecular flexibility index (Phi) is 9.25. The Morgan fingerprint density at radius 2 is 1.60 bits per heavy atom. The Balaban J connectivity index is 1.40. The van der Waals surface area contributed by atoms with E-state index in [1.165, 1.54) is 24.5 Å². The number of carbonyl (C=O) groups excluding carboxylic acids is 3. The van der Waals surface area contributed by atoms with Crippen LogP contribution in [0.5, 0.6) is 0 Å².